The van der Waals surface area contributed by atoms with E-state index in [0.29, 0.717) is 0 Å². The van der Waals surface area contributed by atoms with Crippen molar-refractivity contribution in [2.75, 3.05) is 0 Å². The fourth-order valence-corrected chi connectivity index (χ4v) is 8.11. The maximum Gasteiger partial charge on any atom is 1.00 e. The Labute approximate surface area is 409 Å². The zero-order chi connectivity index (χ0) is 41.1. The van der Waals surface area contributed by atoms with Gasteiger partial charge in [-0.25, -0.2) is 0 Å². The first kappa shape index (κ1) is 65.6. The van der Waals surface area contributed by atoms with Gasteiger partial charge in [0.15, 0.2) is 0 Å². The van der Waals surface area contributed by atoms with Crippen LogP contribution in [-0.4, -0.2) is 11.9 Å². The molecule has 0 aliphatic carbocycles. The molecule has 0 saturated carbocycles. The number of unbranched alkanes of at least 4 members (excludes halogenated alkanes) is 44. The summed E-state index contributed by atoms with van der Waals surface area (Å²) in [6, 6.07) is 0. The Balaban J connectivity index is -0.000000486. The first-order valence-corrected chi connectivity index (χ1v) is 25.9. The van der Waals surface area contributed by atoms with Gasteiger partial charge in [0.2, 0.25) is 0 Å². The molecule has 0 amide bonds. The second kappa shape index (κ2) is 62.2. The van der Waals surface area contributed by atoms with Gasteiger partial charge in [-0.3, -0.25) is 0 Å². The molecule has 58 heavy (non-hydrogen) atoms. The van der Waals surface area contributed by atoms with E-state index in [1.54, 1.807) is 0 Å². The van der Waals surface area contributed by atoms with Gasteiger partial charge in [0.25, 0.3) is 0 Å². The largest absolute Gasteiger partial charge is 1.00 e. The smallest absolute Gasteiger partial charge is 0.550 e. The van der Waals surface area contributed by atoms with Crippen LogP contribution in [0.15, 0.2) is 0 Å². The Hall–Kier alpha value is 0.940. The number of rotatable bonds is 48. The van der Waals surface area contributed by atoms with Gasteiger partial charge in [-0.15, -0.1) is 0 Å². The van der Waals surface area contributed by atoms with Crippen molar-refractivity contribution < 1.29 is 78.9 Å². The molecule has 4 nitrogen and oxygen atoms in total. The minimum Gasteiger partial charge on any atom is -0.550 e. The summed E-state index contributed by atoms with van der Waals surface area (Å²) in [6.07, 6.45) is 63.3. The molecule has 0 atom stereocenters. The van der Waals surface area contributed by atoms with Crippen LogP contribution in [0.25, 0.3) is 0 Å². The molecule has 0 heterocycles. The Bertz CT molecular complexity index is 674. The van der Waals surface area contributed by atoms with Crippen LogP contribution in [0, 0.1) is 0 Å². The molecule has 0 saturated heterocycles. The van der Waals surface area contributed by atoms with Gasteiger partial charge in [0.05, 0.1) is 0 Å². The van der Waals surface area contributed by atoms with E-state index in [9.17, 15) is 19.8 Å². The minimum absolute atomic E-state index is 0. The first-order valence-electron chi connectivity index (χ1n) is 25.9. The van der Waals surface area contributed by atoms with E-state index in [2.05, 4.69) is 13.8 Å². The molecule has 0 aliphatic heterocycles. The summed E-state index contributed by atoms with van der Waals surface area (Å²) in [6.45, 7) is 4.58. The van der Waals surface area contributed by atoms with Crippen molar-refractivity contribution in [2.45, 2.75) is 322 Å². The molecule has 0 aromatic rings. The van der Waals surface area contributed by atoms with Crippen LogP contribution in [0.5, 0.6) is 0 Å². The molecule has 336 valence electrons. The Morgan fingerprint density at radius 1 is 0.224 bits per heavy atom. The van der Waals surface area contributed by atoms with Crippen molar-refractivity contribution in [3.05, 3.63) is 0 Å². The molecule has 0 bridgehead atoms. The normalized spacial score (nSPS) is 10.8. The second-order valence-corrected chi connectivity index (χ2v) is 17.8. The average molecular weight is 837 g/mol. The maximum absolute atomic E-state index is 10.3. The number of carbonyl (C=O) groups is 2. The first-order chi connectivity index (χ1) is 27.5. The van der Waals surface area contributed by atoms with Gasteiger partial charge in [0, 0.05) is 11.9 Å². The second-order valence-electron chi connectivity index (χ2n) is 17.8. The van der Waals surface area contributed by atoms with E-state index in [0.717, 1.165) is 25.7 Å². The van der Waals surface area contributed by atoms with Gasteiger partial charge < -0.3 is 19.8 Å². The molecular formula is C52H102Na2O4. The molecule has 0 fully saturated rings. The average Bonchev–Trinajstić information content (AvgIpc) is 3.18. The van der Waals surface area contributed by atoms with E-state index in [4.69, 9.17) is 0 Å². The summed E-state index contributed by atoms with van der Waals surface area (Å²) in [5.41, 5.74) is 0. The topological polar surface area (TPSA) is 80.3 Å². The van der Waals surface area contributed by atoms with Crippen LogP contribution < -0.4 is 69.3 Å². The molecule has 0 radical (unpaired) electrons. The van der Waals surface area contributed by atoms with E-state index in [1.807, 2.05) is 0 Å². The van der Waals surface area contributed by atoms with E-state index in [1.165, 1.54) is 270 Å². The fourth-order valence-electron chi connectivity index (χ4n) is 8.11. The third kappa shape index (κ3) is 68.7. The SMILES string of the molecule is CCCCCCCCCCCCCCCCCCCCCCCCCC(=O)[O-].CCCCCCCCCCCCCCCCCCCCCCCCCC(=O)[O-].[Na+].[Na+]. The number of aliphatic carboxylic acids is 2. The number of carboxylic acids is 2. The van der Waals surface area contributed by atoms with Crippen LogP contribution in [0.3, 0.4) is 0 Å². The van der Waals surface area contributed by atoms with Crippen molar-refractivity contribution in [3.63, 3.8) is 0 Å². The van der Waals surface area contributed by atoms with Gasteiger partial charge in [0.1, 0.15) is 0 Å². The molecule has 0 unspecified atom stereocenters. The van der Waals surface area contributed by atoms with Crippen molar-refractivity contribution in [3.8, 4) is 0 Å². The van der Waals surface area contributed by atoms with Crippen molar-refractivity contribution in [1.29, 1.82) is 0 Å². The summed E-state index contributed by atoms with van der Waals surface area (Å²) in [5.74, 6) is -1.80. The Kier molecular flexibility index (Phi) is 70.3. The number of carbonyl (C=O) groups excluding carboxylic acids is 2. The van der Waals surface area contributed by atoms with E-state index >= 15 is 0 Å². The zero-order valence-electron chi connectivity index (χ0n) is 40.6. The molecule has 0 aliphatic rings. The van der Waals surface area contributed by atoms with E-state index < -0.39 is 11.9 Å². The fraction of sp³-hybridized carbons (Fsp3) is 0.962. The molecule has 0 rings (SSSR count). The Morgan fingerprint density at radius 3 is 0.431 bits per heavy atom. The van der Waals surface area contributed by atoms with Crippen LogP contribution in [0.1, 0.15) is 322 Å². The zero-order valence-corrected chi connectivity index (χ0v) is 44.6. The standard InChI is InChI=1S/2C26H52O2.2Na/c2*1-2-3-4-5-6-7-8-9-10-11-12-13-14-15-16-17-18-19-20-21-22-23-24-25-26(27)28;;/h2*2-25H2,1H3,(H,27,28);;/q;;2*+1/p-2. The number of carboxylic acid groups (broad SMARTS) is 2. The predicted octanol–water partition coefficient (Wildman–Crippen LogP) is 10.2. The summed E-state index contributed by atoms with van der Waals surface area (Å²) >= 11 is 0. The molecule has 0 N–H and O–H groups in total. The minimum atomic E-state index is -0.900. The molecule has 0 aromatic heterocycles. The van der Waals surface area contributed by atoms with Gasteiger partial charge in [-0.1, -0.05) is 296 Å². The summed E-state index contributed by atoms with van der Waals surface area (Å²) < 4.78 is 0. The van der Waals surface area contributed by atoms with Gasteiger partial charge in [-0.05, 0) is 25.7 Å². The number of hydrogen-bond donors (Lipinski definition) is 0. The van der Waals surface area contributed by atoms with Crippen molar-refractivity contribution in [1.82, 2.24) is 0 Å². The van der Waals surface area contributed by atoms with Gasteiger partial charge >= 0.3 is 59.1 Å². The van der Waals surface area contributed by atoms with Crippen molar-refractivity contribution >= 4 is 11.9 Å². The monoisotopic (exact) mass is 837 g/mol. The number of hydrogen-bond acceptors (Lipinski definition) is 4. The van der Waals surface area contributed by atoms with Gasteiger partial charge in [-0.2, -0.15) is 0 Å². The quantitative estimate of drug-likeness (QED) is 0.0452. The molecule has 0 aromatic carbocycles. The Morgan fingerprint density at radius 2 is 0.328 bits per heavy atom. The molecule has 6 heteroatoms. The third-order valence-corrected chi connectivity index (χ3v) is 12.0. The maximum atomic E-state index is 10.3. The third-order valence-electron chi connectivity index (χ3n) is 12.0. The van der Waals surface area contributed by atoms with Crippen LogP contribution in [-0.2, 0) is 9.59 Å². The van der Waals surface area contributed by atoms with Crippen LogP contribution in [0.4, 0.5) is 0 Å². The van der Waals surface area contributed by atoms with Crippen molar-refractivity contribution in [2.24, 2.45) is 0 Å². The molecular weight excluding hydrogens is 735 g/mol. The van der Waals surface area contributed by atoms with E-state index in [-0.39, 0.29) is 72.0 Å². The molecule has 0 spiro atoms. The van der Waals surface area contributed by atoms with Crippen LogP contribution in [0.2, 0.25) is 0 Å². The summed E-state index contributed by atoms with van der Waals surface area (Å²) in [5, 5.41) is 20.6. The van der Waals surface area contributed by atoms with Crippen LogP contribution >= 0.6 is 0 Å². The summed E-state index contributed by atoms with van der Waals surface area (Å²) in [4.78, 5) is 20.6. The summed E-state index contributed by atoms with van der Waals surface area (Å²) in [7, 11) is 0. The predicted molar refractivity (Wildman–Crippen MR) is 243 cm³/mol.